The van der Waals surface area contributed by atoms with Gasteiger partial charge in [-0.05, 0) is 45.5 Å². The number of hydrogen-bond acceptors (Lipinski definition) is 5. The molecule has 1 aromatic heterocycles. The molecule has 5 N–H and O–H groups in total. The minimum Gasteiger partial charge on any atom is -0.397 e. The van der Waals surface area contributed by atoms with Crippen molar-refractivity contribution in [2.45, 2.75) is 39.7 Å². The number of hydrogen-bond donors (Lipinski definition) is 3. The van der Waals surface area contributed by atoms with Gasteiger partial charge in [0, 0.05) is 12.2 Å². The molecule has 1 unspecified atom stereocenters. The number of nitrogen functional groups attached to an aromatic ring is 2. The van der Waals surface area contributed by atoms with E-state index in [4.69, 9.17) is 11.5 Å². The maximum atomic E-state index is 5.89. The molecule has 6 heteroatoms. The molecule has 5 nitrogen and oxygen atoms in total. The van der Waals surface area contributed by atoms with Gasteiger partial charge < -0.3 is 21.7 Å². The van der Waals surface area contributed by atoms with Crippen LogP contribution in [-0.2, 0) is 0 Å². The first kappa shape index (κ1) is 18.8. The average molecular weight is 302 g/mol. The van der Waals surface area contributed by atoms with E-state index in [-0.39, 0.29) is 12.4 Å². The third-order valence-corrected chi connectivity index (χ3v) is 3.41. The van der Waals surface area contributed by atoms with E-state index >= 15 is 0 Å². The minimum atomic E-state index is 0. The number of nitrogens with one attached hydrogen (secondary N) is 1. The molecule has 0 aliphatic carbocycles. The third-order valence-electron chi connectivity index (χ3n) is 3.41. The number of halogens is 1. The minimum absolute atomic E-state index is 0. The van der Waals surface area contributed by atoms with Gasteiger partial charge in [-0.2, -0.15) is 0 Å². The van der Waals surface area contributed by atoms with Crippen molar-refractivity contribution in [2.75, 3.05) is 36.4 Å². The molecule has 0 spiro atoms. The van der Waals surface area contributed by atoms with E-state index in [1.54, 1.807) is 12.3 Å². The van der Waals surface area contributed by atoms with Crippen LogP contribution < -0.4 is 16.8 Å². The van der Waals surface area contributed by atoms with Gasteiger partial charge in [-0.25, -0.2) is 4.98 Å². The molecule has 1 heterocycles. The van der Waals surface area contributed by atoms with Crippen molar-refractivity contribution in [1.29, 1.82) is 0 Å². The molecule has 0 aliphatic rings. The van der Waals surface area contributed by atoms with Crippen molar-refractivity contribution in [3.63, 3.8) is 0 Å². The first-order valence-corrected chi connectivity index (χ1v) is 7.07. The van der Waals surface area contributed by atoms with Crippen LogP contribution in [0.25, 0.3) is 0 Å². The van der Waals surface area contributed by atoms with Crippen molar-refractivity contribution in [2.24, 2.45) is 0 Å². The Morgan fingerprint density at radius 3 is 2.55 bits per heavy atom. The number of nitrogens with zero attached hydrogens (tertiary/aromatic N) is 2. The van der Waals surface area contributed by atoms with Gasteiger partial charge in [0.15, 0.2) is 5.82 Å². The van der Waals surface area contributed by atoms with Crippen LogP contribution in [0.3, 0.4) is 0 Å². The van der Waals surface area contributed by atoms with E-state index in [0.29, 0.717) is 23.2 Å². The van der Waals surface area contributed by atoms with Crippen LogP contribution in [0, 0.1) is 0 Å². The normalized spacial score (nSPS) is 12.0. The molecule has 0 aliphatic heterocycles. The molecule has 0 radical (unpaired) electrons. The van der Waals surface area contributed by atoms with Crippen molar-refractivity contribution >= 4 is 29.6 Å². The van der Waals surface area contributed by atoms with Gasteiger partial charge in [0.05, 0.1) is 11.4 Å². The van der Waals surface area contributed by atoms with Crippen LogP contribution >= 0.6 is 12.4 Å². The van der Waals surface area contributed by atoms with Crippen molar-refractivity contribution in [3.8, 4) is 0 Å². The summed E-state index contributed by atoms with van der Waals surface area (Å²) >= 11 is 0. The molecule has 0 bridgehead atoms. The standard InChI is InChI=1S/C14H27N5.ClH/c1-4-19(5-2)10-6-7-11(3)18-14-13(16)12(15)8-9-17-14;/h8-9,11H,4-7,10,16H2,1-3H3,(H3,15,17,18);1H. The highest BCUT2D eigenvalue weighted by Crippen LogP contribution is 2.22. The summed E-state index contributed by atoms with van der Waals surface area (Å²) in [5.41, 5.74) is 12.8. The average Bonchev–Trinajstić information content (AvgIpc) is 2.40. The van der Waals surface area contributed by atoms with E-state index in [9.17, 15) is 0 Å². The smallest absolute Gasteiger partial charge is 0.151 e. The number of rotatable bonds is 8. The topological polar surface area (TPSA) is 80.2 Å². The Hall–Kier alpha value is -1.20. The van der Waals surface area contributed by atoms with Gasteiger partial charge in [0.25, 0.3) is 0 Å². The number of anilines is 3. The van der Waals surface area contributed by atoms with Crippen molar-refractivity contribution < 1.29 is 0 Å². The van der Waals surface area contributed by atoms with E-state index in [2.05, 4.69) is 36.0 Å². The maximum Gasteiger partial charge on any atom is 0.151 e. The van der Waals surface area contributed by atoms with Gasteiger partial charge in [-0.3, -0.25) is 0 Å². The lowest BCUT2D eigenvalue weighted by atomic mass is 10.1. The summed E-state index contributed by atoms with van der Waals surface area (Å²) < 4.78 is 0. The van der Waals surface area contributed by atoms with Crippen molar-refractivity contribution in [3.05, 3.63) is 12.3 Å². The van der Waals surface area contributed by atoms with Crippen LogP contribution in [0.1, 0.15) is 33.6 Å². The first-order chi connectivity index (χ1) is 9.08. The SMILES string of the molecule is CCN(CC)CCCC(C)Nc1nccc(N)c1N.Cl. The largest absolute Gasteiger partial charge is 0.397 e. The Balaban J connectivity index is 0.00000361. The Bertz CT molecular complexity index is 382. The zero-order valence-electron chi connectivity index (χ0n) is 12.7. The van der Waals surface area contributed by atoms with E-state index in [1.807, 2.05) is 0 Å². The summed E-state index contributed by atoms with van der Waals surface area (Å²) in [6.45, 7) is 9.90. The second kappa shape index (κ2) is 9.66. The van der Waals surface area contributed by atoms with Crippen LogP contribution in [0.5, 0.6) is 0 Å². The third kappa shape index (κ3) is 5.84. The summed E-state index contributed by atoms with van der Waals surface area (Å²) in [7, 11) is 0. The highest BCUT2D eigenvalue weighted by Gasteiger charge is 2.08. The second-order valence-electron chi connectivity index (χ2n) is 4.88. The lowest BCUT2D eigenvalue weighted by molar-refractivity contribution is 0.295. The molecule has 0 aromatic carbocycles. The Kier molecular flexibility index (Phi) is 9.08. The molecule has 0 saturated carbocycles. The predicted octanol–water partition coefficient (Wildman–Crippen LogP) is 2.59. The molecule has 0 amide bonds. The quantitative estimate of drug-likeness (QED) is 0.688. The van der Waals surface area contributed by atoms with E-state index < -0.39 is 0 Å². The lowest BCUT2D eigenvalue weighted by Gasteiger charge is -2.20. The molecule has 20 heavy (non-hydrogen) atoms. The van der Waals surface area contributed by atoms with Crippen LogP contribution in [0.15, 0.2) is 12.3 Å². The van der Waals surface area contributed by atoms with Gasteiger partial charge in [-0.1, -0.05) is 13.8 Å². The summed E-state index contributed by atoms with van der Waals surface area (Å²) in [5.74, 6) is 0.690. The number of aromatic nitrogens is 1. The molecular formula is C14H28ClN5. The molecule has 116 valence electrons. The zero-order chi connectivity index (χ0) is 14.3. The Labute approximate surface area is 128 Å². The number of nitrogens with two attached hydrogens (primary N) is 2. The Morgan fingerprint density at radius 1 is 1.30 bits per heavy atom. The van der Waals surface area contributed by atoms with Gasteiger partial charge >= 0.3 is 0 Å². The van der Waals surface area contributed by atoms with Gasteiger partial charge in [0.2, 0.25) is 0 Å². The van der Waals surface area contributed by atoms with Crippen LogP contribution in [0.2, 0.25) is 0 Å². The monoisotopic (exact) mass is 301 g/mol. The maximum absolute atomic E-state index is 5.89. The summed E-state index contributed by atoms with van der Waals surface area (Å²) in [5, 5.41) is 3.33. The highest BCUT2D eigenvalue weighted by atomic mass is 35.5. The first-order valence-electron chi connectivity index (χ1n) is 7.07. The molecule has 0 saturated heterocycles. The predicted molar refractivity (Wildman–Crippen MR) is 90.4 cm³/mol. The van der Waals surface area contributed by atoms with Crippen LogP contribution in [-0.4, -0.2) is 35.6 Å². The fraction of sp³-hybridized carbons (Fsp3) is 0.643. The Morgan fingerprint density at radius 2 is 1.95 bits per heavy atom. The van der Waals surface area contributed by atoms with Gasteiger partial charge in [0.1, 0.15) is 0 Å². The summed E-state index contributed by atoms with van der Waals surface area (Å²) in [6, 6.07) is 2.05. The lowest BCUT2D eigenvalue weighted by Crippen LogP contribution is -2.26. The number of pyridine rings is 1. The molecule has 1 atom stereocenters. The zero-order valence-corrected chi connectivity index (χ0v) is 13.5. The second-order valence-corrected chi connectivity index (χ2v) is 4.88. The fourth-order valence-corrected chi connectivity index (χ4v) is 2.07. The van der Waals surface area contributed by atoms with Gasteiger partial charge in [-0.15, -0.1) is 12.4 Å². The fourth-order valence-electron chi connectivity index (χ4n) is 2.07. The van der Waals surface area contributed by atoms with Crippen LogP contribution in [0.4, 0.5) is 17.2 Å². The van der Waals surface area contributed by atoms with E-state index in [0.717, 1.165) is 32.5 Å². The summed E-state index contributed by atoms with van der Waals surface area (Å²) in [6.07, 6.45) is 3.93. The molecule has 0 fully saturated rings. The summed E-state index contributed by atoms with van der Waals surface area (Å²) in [4.78, 5) is 6.66. The highest BCUT2D eigenvalue weighted by molar-refractivity contribution is 5.85. The molecular weight excluding hydrogens is 274 g/mol. The molecule has 1 aromatic rings. The van der Waals surface area contributed by atoms with Crippen molar-refractivity contribution in [1.82, 2.24) is 9.88 Å². The van der Waals surface area contributed by atoms with E-state index in [1.165, 1.54) is 0 Å². The molecule has 1 rings (SSSR count).